The minimum Gasteiger partial charge on any atom is -0.480 e. The minimum atomic E-state index is -0.867. The first kappa shape index (κ1) is 12.5. The maximum Gasteiger partial charge on any atom is 0.317 e. The fraction of sp³-hybridized carbons (Fsp3) is 0.300. The van der Waals surface area contributed by atoms with Gasteiger partial charge in [0.15, 0.2) is 0 Å². The van der Waals surface area contributed by atoms with E-state index in [0.29, 0.717) is 17.0 Å². The number of carbonyl (C=O) groups excluding carboxylic acids is 1. The lowest BCUT2D eigenvalue weighted by atomic mass is 10.3. The van der Waals surface area contributed by atoms with Crippen molar-refractivity contribution < 1.29 is 14.7 Å². The van der Waals surface area contributed by atoms with Crippen molar-refractivity contribution in [3.05, 3.63) is 23.9 Å². The van der Waals surface area contributed by atoms with Crippen LogP contribution in [0.25, 0.3) is 0 Å². The molecule has 1 aromatic heterocycles. The largest absolute Gasteiger partial charge is 0.480 e. The lowest BCUT2D eigenvalue weighted by Crippen LogP contribution is -2.15. The van der Waals surface area contributed by atoms with E-state index in [2.05, 4.69) is 4.98 Å². The number of pyridine rings is 1. The summed E-state index contributed by atoms with van der Waals surface area (Å²) in [4.78, 5) is 25.5. The molecule has 1 aromatic rings. The highest BCUT2D eigenvalue weighted by Crippen LogP contribution is 2.23. The number of nitrogens with zero attached hydrogens (tertiary/aromatic N) is 1. The van der Waals surface area contributed by atoms with Gasteiger partial charge in [-0.2, -0.15) is 0 Å². The number of amides is 1. The molecule has 0 radical (unpaired) electrons. The number of nitrogens with two attached hydrogens (primary N) is 1. The molecule has 1 amide bonds. The summed E-state index contributed by atoms with van der Waals surface area (Å²) in [6.45, 7) is 1.80. The molecule has 0 fully saturated rings. The standard InChI is InChI=1S/C10H12N2O3S/c1-2-7(10(14)15)16-8-4-3-6(5-12-8)9(11)13/h3-5,7H,2H2,1H3,(H2,11,13)(H,14,15). The molecule has 0 aromatic carbocycles. The van der Waals surface area contributed by atoms with Crippen molar-refractivity contribution in [2.24, 2.45) is 5.73 Å². The Morgan fingerprint density at radius 1 is 1.56 bits per heavy atom. The number of aliphatic carboxylic acids is 1. The van der Waals surface area contributed by atoms with Gasteiger partial charge in [-0.1, -0.05) is 18.7 Å². The van der Waals surface area contributed by atoms with Gasteiger partial charge in [0.2, 0.25) is 5.91 Å². The fourth-order valence-corrected chi connectivity index (χ4v) is 1.87. The van der Waals surface area contributed by atoms with Crippen molar-refractivity contribution in [1.82, 2.24) is 4.98 Å². The van der Waals surface area contributed by atoms with Gasteiger partial charge in [-0.05, 0) is 18.6 Å². The highest BCUT2D eigenvalue weighted by atomic mass is 32.2. The summed E-state index contributed by atoms with van der Waals surface area (Å²) < 4.78 is 0. The van der Waals surface area contributed by atoms with Crippen LogP contribution in [-0.4, -0.2) is 27.2 Å². The van der Waals surface area contributed by atoms with Crippen LogP contribution in [0.5, 0.6) is 0 Å². The Hall–Kier alpha value is -1.56. The Bertz CT molecular complexity index is 392. The van der Waals surface area contributed by atoms with Crippen molar-refractivity contribution in [2.75, 3.05) is 0 Å². The van der Waals surface area contributed by atoms with Crippen LogP contribution in [0.15, 0.2) is 23.4 Å². The number of carbonyl (C=O) groups is 2. The van der Waals surface area contributed by atoms with Gasteiger partial charge in [-0.25, -0.2) is 4.98 Å². The lowest BCUT2D eigenvalue weighted by Gasteiger charge is -2.08. The van der Waals surface area contributed by atoms with Crippen LogP contribution < -0.4 is 5.73 Å². The van der Waals surface area contributed by atoms with Crippen LogP contribution in [0.2, 0.25) is 0 Å². The first-order chi connectivity index (χ1) is 7.54. The number of aromatic nitrogens is 1. The van der Waals surface area contributed by atoms with Crippen LogP contribution in [0, 0.1) is 0 Å². The quantitative estimate of drug-likeness (QED) is 0.753. The Balaban J connectivity index is 2.75. The number of rotatable bonds is 5. The van der Waals surface area contributed by atoms with E-state index in [1.807, 2.05) is 0 Å². The van der Waals surface area contributed by atoms with Gasteiger partial charge in [0.05, 0.1) is 10.6 Å². The molecule has 1 rings (SSSR count). The third-order valence-corrected chi connectivity index (χ3v) is 3.23. The normalized spacial score (nSPS) is 12.1. The highest BCUT2D eigenvalue weighted by Gasteiger charge is 2.17. The van der Waals surface area contributed by atoms with Gasteiger partial charge in [-0.3, -0.25) is 9.59 Å². The SMILES string of the molecule is CCC(Sc1ccc(C(N)=O)cn1)C(=O)O. The Morgan fingerprint density at radius 3 is 2.62 bits per heavy atom. The number of hydrogen-bond donors (Lipinski definition) is 2. The first-order valence-electron chi connectivity index (χ1n) is 4.70. The summed E-state index contributed by atoms with van der Waals surface area (Å²) in [6.07, 6.45) is 1.86. The van der Waals surface area contributed by atoms with E-state index >= 15 is 0 Å². The molecule has 0 aliphatic heterocycles. The van der Waals surface area contributed by atoms with Gasteiger partial charge in [0.1, 0.15) is 5.25 Å². The summed E-state index contributed by atoms with van der Waals surface area (Å²) in [6, 6.07) is 3.13. The summed E-state index contributed by atoms with van der Waals surface area (Å²) in [5.74, 6) is -1.41. The monoisotopic (exact) mass is 240 g/mol. The van der Waals surface area contributed by atoms with Crippen LogP contribution in [0.1, 0.15) is 23.7 Å². The average Bonchev–Trinajstić information content (AvgIpc) is 2.26. The zero-order chi connectivity index (χ0) is 12.1. The second kappa shape index (κ2) is 5.50. The lowest BCUT2D eigenvalue weighted by molar-refractivity contribution is -0.136. The maximum atomic E-state index is 10.8. The first-order valence-corrected chi connectivity index (χ1v) is 5.58. The number of hydrogen-bond acceptors (Lipinski definition) is 4. The Kier molecular flexibility index (Phi) is 4.30. The molecule has 5 nitrogen and oxygen atoms in total. The third kappa shape index (κ3) is 3.23. The van der Waals surface area contributed by atoms with E-state index in [9.17, 15) is 9.59 Å². The van der Waals surface area contributed by atoms with E-state index in [1.54, 1.807) is 13.0 Å². The number of carboxylic acid groups (broad SMARTS) is 1. The zero-order valence-electron chi connectivity index (χ0n) is 8.71. The predicted octanol–water partition coefficient (Wildman–Crippen LogP) is 1.14. The van der Waals surface area contributed by atoms with E-state index in [1.165, 1.54) is 12.3 Å². The molecule has 0 saturated carbocycles. The molecule has 6 heteroatoms. The topological polar surface area (TPSA) is 93.3 Å². The van der Waals surface area contributed by atoms with Crippen LogP contribution >= 0.6 is 11.8 Å². The summed E-state index contributed by atoms with van der Waals surface area (Å²) in [5.41, 5.74) is 5.37. The van der Waals surface area contributed by atoms with E-state index < -0.39 is 17.1 Å². The molecule has 0 aliphatic carbocycles. The molecule has 1 heterocycles. The molecule has 86 valence electrons. The molecule has 1 unspecified atom stereocenters. The predicted molar refractivity (Wildman–Crippen MR) is 60.3 cm³/mol. The molecule has 1 atom stereocenters. The molecular weight excluding hydrogens is 228 g/mol. The minimum absolute atomic E-state index is 0.313. The smallest absolute Gasteiger partial charge is 0.317 e. The second-order valence-corrected chi connectivity index (χ2v) is 4.33. The van der Waals surface area contributed by atoms with Crippen molar-refractivity contribution in [3.8, 4) is 0 Å². The molecule has 16 heavy (non-hydrogen) atoms. The van der Waals surface area contributed by atoms with Gasteiger partial charge in [0.25, 0.3) is 0 Å². The number of thioether (sulfide) groups is 1. The van der Waals surface area contributed by atoms with E-state index in [-0.39, 0.29) is 0 Å². The molecule has 0 spiro atoms. The van der Waals surface area contributed by atoms with E-state index in [0.717, 1.165) is 11.8 Å². The van der Waals surface area contributed by atoms with Crippen molar-refractivity contribution in [2.45, 2.75) is 23.6 Å². The summed E-state index contributed by atoms with van der Waals surface area (Å²) in [5, 5.41) is 8.90. The molecule has 0 aliphatic rings. The van der Waals surface area contributed by atoms with Crippen molar-refractivity contribution >= 4 is 23.6 Å². The second-order valence-electron chi connectivity index (χ2n) is 3.10. The van der Waals surface area contributed by atoms with Gasteiger partial charge >= 0.3 is 5.97 Å². The molecular formula is C10H12N2O3S. The summed E-state index contributed by atoms with van der Waals surface area (Å²) >= 11 is 1.15. The summed E-state index contributed by atoms with van der Waals surface area (Å²) in [7, 11) is 0. The average molecular weight is 240 g/mol. The van der Waals surface area contributed by atoms with Crippen LogP contribution in [0.3, 0.4) is 0 Å². The van der Waals surface area contributed by atoms with Gasteiger partial charge in [0, 0.05) is 6.20 Å². The molecule has 3 N–H and O–H groups in total. The number of carboxylic acids is 1. The number of primary amides is 1. The Morgan fingerprint density at radius 2 is 2.25 bits per heavy atom. The van der Waals surface area contributed by atoms with Gasteiger partial charge < -0.3 is 10.8 Å². The molecule has 0 saturated heterocycles. The van der Waals surface area contributed by atoms with Crippen molar-refractivity contribution in [3.63, 3.8) is 0 Å². The van der Waals surface area contributed by atoms with Gasteiger partial charge in [-0.15, -0.1) is 0 Å². The maximum absolute atomic E-state index is 10.8. The zero-order valence-corrected chi connectivity index (χ0v) is 9.53. The Labute approximate surface area is 97.1 Å². The highest BCUT2D eigenvalue weighted by molar-refractivity contribution is 8.00. The van der Waals surface area contributed by atoms with Crippen molar-refractivity contribution in [1.29, 1.82) is 0 Å². The third-order valence-electron chi connectivity index (χ3n) is 1.93. The van der Waals surface area contributed by atoms with Crippen LogP contribution in [-0.2, 0) is 4.79 Å². The van der Waals surface area contributed by atoms with Crippen LogP contribution in [0.4, 0.5) is 0 Å². The fourth-order valence-electron chi connectivity index (χ4n) is 1.05. The van der Waals surface area contributed by atoms with E-state index in [4.69, 9.17) is 10.8 Å². The molecule has 0 bridgehead atoms.